The number of nitriles is 1. The van der Waals surface area contributed by atoms with Gasteiger partial charge in [-0.05, 0) is 55.7 Å². The van der Waals surface area contributed by atoms with Crippen molar-refractivity contribution in [2.45, 2.75) is 38.1 Å². The van der Waals surface area contributed by atoms with Gasteiger partial charge in [-0.2, -0.15) is 10.3 Å². The highest BCUT2D eigenvalue weighted by Gasteiger charge is 2.48. The van der Waals surface area contributed by atoms with Gasteiger partial charge in [0.15, 0.2) is 5.54 Å². The summed E-state index contributed by atoms with van der Waals surface area (Å²) in [4.78, 5) is 41.8. The maximum absolute atomic E-state index is 13.6. The topological polar surface area (TPSA) is 118 Å². The van der Waals surface area contributed by atoms with E-state index in [1.165, 1.54) is 30.3 Å². The highest BCUT2D eigenvalue weighted by Crippen LogP contribution is 2.37. The first-order chi connectivity index (χ1) is 15.2. The predicted molar refractivity (Wildman–Crippen MR) is 114 cm³/mol. The van der Waals surface area contributed by atoms with Crippen LogP contribution in [0.1, 0.15) is 49.3 Å². The lowest BCUT2D eigenvalue weighted by molar-refractivity contribution is -0.164. The van der Waals surface area contributed by atoms with E-state index in [2.05, 4.69) is 10.3 Å². The van der Waals surface area contributed by atoms with Gasteiger partial charge < -0.3 is 9.47 Å². The molecule has 0 saturated carbocycles. The van der Waals surface area contributed by atoms with Gasteiger partial charge in [0.05, 0.1) is 18.2 Å². The van der Waals surface area contributed by atoms with E-state index in [1.807, 2.05) is 6.07 Å². The van der Waals surface area contributed by atoms with Crippen molar-refractivity contribution in [2.24, 2.45) is 4.99 Å². The lowest BCUT2D eigenvalue weighted by Crippen LogP contribution is -2.43. The number of hydrogen-bond donors (Lipinski definition) is 1. The first-order valence-electron chi connectivity index (χ1n) is 10.0. The third-order valence-electron chi connectivity index (χ3n) is 4.88. The van der Waals surface area contributed by atoms with Crippen molar-refractivity contribution in [3.63, 3.8) is 0 Å². The van der Waals surface area contributed by atoms with E-state index in [9.17, 15) is 14.4 Å². The third kappa shape index (κ3) is 4.66. The molecule has 2 unspecified atom stereocenters. The number of rotatable bonds is 6. The van der Waals surface area contributed by atoms with E-state index in [-0.39, 0.29) is 11.1 Å². The maximum atomic E-state index is 13.6. The molecule has 0 radical (unpaired) electrons. The molecule has 0 aliphatic carbocycles. The highest BCUT2D eigenvalue weighted by molar-refractivity contribution is 6.38. The number of nitrogens with one attached hydrogen (secondary N) is 1. The maximum Gasteiger partial charge on any atom is 0.378 e. The molecule has 0 spiro atoms. The fourth-order valence-electron chi connectivity index (χ4n) is 3.50. The lowest BCUT2D eigenvalue weighted by atomic mass is 9.78. The normalized spacial score (nSPS) is 17.5. The van der Waals surface area contributed by atoms with E-state index in [0.29, 0.717) is 24.3 Å². The van der Waals surface area contributed by atoms with Gasteiger partial charge in [-0.25, -0.2) is 9.59 Å². The SMILES string of the molecule is CC(C)(C)OC(=O)C(=O)C(N=C=O)(c1ccc(C#N)cc1)c1cccc(C2NCCO2)c1. The average Bonchev–Trinajstić information content (AvgIpc) is 3.31. The van der Waals surface area contributed by atoms with Gasteiger partial charge in [-0.1, -0.05) is 30.3 Å². The second-order valence-corrected chi connectivity index (χ2v) is 8.26. The molecule has 2 aromatic rings. The summed E-state index contributed by atoms with van der Waals surface area (Å²) in [5.74, 6) is -2.18. The summed E-state index contributed by atoms with van der Waals surface area (Å²) in [5.41, 5.74) is -1.41. The van der Waals surface area contributed by atoms with Crippen molar-refractivity contribution in [1.29, 1.82) is 5.26 Å². The summed E-state index contributed by atoms with van der Waals surface area (Å²) in [6.45, 7) is 6.09. The molecular weight excluding hydrogens is 410 g/mol. The minimum absolute atomic E-state index is 0.230. The summed E-state index contributed by atoms with van der Waals surface area (Å²) < 4.78 is 10.9. The molecule has 8 nitrogen and oxygen atoms in total. The van der Waals surface area contributed by atoms with E-state index in [0.717, 1.165) is 0 Å². The number of nitrogens with zero attached hydrogens (tertiary/aromatic N) is 2. The van der Waals surface area contributed by atoms with Crippen LogP contribution in [-0.2, 0) is 29.4 Å². The molecule has 2 atom stereocenters. The Hall–Kier alpha value is -3.63. The van der Waals surface area contributed by atoms with Crippen molar-refractivity contribution in [2.75, 3.05) is 13.2 Å². The summed E-state index contributed by atoms with van der Waals surface area (Å²) in [6.07, 6.45) is 1.06. The Bertz CT molecular complexity index is 1100. The van der Waals surface area contributed by atoms with Crippen LogP contribution in [0.25, 0.3) is 0 Å². The molecular formula is C24H23N3O5. The Morgan fingerprint density at radius 3 is 2.44 bits per heavy atom. The number of aliphatic imine (C=N–C) groups is 1. The average molecular weight is 433 g/mol. The number of benzene rings is 2. The van der Waals surface area contributed by atoms with Crippen LogP contribution in [0.15, 0.2) is 53.5 Å². The Kier molecular flexibility index (Phi) is 6.66. The first-order valence-corrected chi connectivity index (χ1v) is 10.0. The molecule has 1 aliphatic rings. The van der Waals surface area contributed by atoms with Crippen LogP contribution < -0.4 is 5.32 Å². The van der Waals surface area contributed by atoms with Gasteiger partial charge in [-0.3, -0.25) is 10.1 Å². The quantitative estimate of drug-likeness (QED) is 0.322. The van der Waals surface area contributed by atoms with Gasteiger partial charge in [0.2, 0.25) is 6.08 Å². The summed E-state index contributed by atoms with van der Waals surface area (Å²) in [6, 6.07) is 14.7. The molecule has 0 amide bonds. The Balaban J connectivity index is 2.22. The standard InChI is InChI=1S/C24H23N3O5/c1-23(2,3)32-22(30)20(29)24(27-15-28,18-9-7-16(14-25)8-10-18)19-6-4-5-17(13-19)21-26-11-12-31-21/h4-10,13,21,26H,11-12H2,1-3H3. The van der Waals surface area contributed by atoms with Crippen molar-refractivity contribution in [3.8, 4) is 6.07 Å². The molecule has 164 valence electrons. The molecule has 32 heavy (non-hydrogen) atoms. The number of Topliss-reactive ketones (excluding diaryl/α,β-unsaturated/α-hetero) is 1. The van der Waals surface area contributed by atoms with Crippen LogP contribution in [0.2, 0.25) is 0 Å². The van der Waals surface area contributed by atoms with Gasteiger partial charge in [0.1, 0.15) is 11.8 Å². The monoisotopic (exact) mass is 433 g/mol. The second kappa shape index (κ2) is 9.25. The predicted octanol–water partition coefficient (Wildman–Crippen LogP) is 2.67. The molecule has 8 heteroatoms. The van der Waals surface area contributed by atoms with Crippen molar-refractivity contribution >= 4 is 17.8 Å². The van der Waals surface area contributed by atoms with Crippen LogP contribution >= 0.6 is 0 Å². The summed E-state index contributed by atoms with van der Waals surface area (Å²) >= 11 is 0. The third-order valence-corrected chi connectivity index (χ3v) is 4.88. The van der Waals surface area contributed by atoms with E-state index in [4.69, 9.17) is 14.7 Å². The molecule has 0 bridgehead atoms. The molecule has 3 rings (SSSR count). The number of carbonyl (C=O) groups excluding carboxylic acids is 3. The van der Waals surface area contributed by atoms with Crippen LogP contribution in [0.5, 0.6) is 0 Å². The van der Waals surface area contributed by atoms with E-state index >= 15 is 0 Å². The molecule has 1 fully saturated rings. The minimum atomic E-state index is -2.04. The van der Waals surface area contributed by atoms with Crippen LogP contribution in [0.3, 0.4) is 0 Å². The minimum Gasteiger partial charge on any atom is -0.454 e. The first kappa shape index (κ1) is 23.0. The zero-order valence-electron chi connectivity index (χ0n) is 18.0. The molecule has 0 aromatic heterocycles. The van der Waals surface area contributed by atoms with E-state index < -0.39 is 29.1 Å². The number of esters is 1. The van der Waals surface area contributed by atoms with Gasteiger partial charge in [0, 0.05) is 6.54 Å². The molecule has 2 aromatic carbocycles. The lowest BCUT2D eigenvalue weighted by Gasteiger charge is -2.29. The zero-order valence-corrected chi connectivity index (χ0v) is 18.0. The van der Waals surface area contributed by atoms with Crippen molar-refractivity contribution in [3.05, 3.63) is 70.8 Å². The fourth-order valence-corrected chi connectivity index (χ4v) is 3.50. The zero-order chi connectivity index (χ0) is 23.4. The molecule has 1 N–H and O–H groups in total. The van der Waals surface area contributed by atoms with Crippen LogP contribution in [0, 0.1) is 11.3 Å². The van der Waals surface area contributed by atoms with Crippen molar-refractivity contribution in [1.82, 2.24) is 5.32 Å². The fraction of sp³-hybridized carbons (Fsp3) is 0.333. The van der Waals surface area contributed by atoms with Crippen LogP contribution in [-0.4, -0.2) is 36.6 Å². The van der Waals surface area contributed by atoms with Crippen molar-refractivity contribution < 1.29 is 23.9 Å². The second-order valence-electron chi connectivity index (χ2n) is 8.26. The number of ketones is 1. The molecule has 1 saturated heterocycles. The van der Waals surface area contributed by atoms with Crippen LogP contribution in [0.4, 0.5) is 0 Å². The Morgan fingerprint density at radius 1 is 1.16 bits per heavy atom. The number of carbonyl (C=O) groups is 2. The van der Waals surface area contributed by atoms with Gasteiger partial charge >= 0.3 is 5.97 Å². The number of ether oxygens (including phenoxy) is 2. The summed E-state index contributed by atoms with van der Waals surface area (Å²) in [5, 5.41) is 12.3. The van der Waals surface area contributed by atoms with E-state index in [1.54, 1.807) is 45.0 Å². The molecule has 1 aliphatic heterocycles. The Morgan fingerprint density at radius 2 is 1.88 bits per heavy atom. The highest BCUT2D eigenvalue weighted by atomic mass is 16.6. The van der Waals surface area contributed by atoms with Gasteiger partial charge in [0.25, 0.3) is 5.78 Å². The largest absolute Gasteiger partial charge is 0.454 e. The Labute approximate surface area is 185 Å². The smallest absolute Gasteiger partial charge is 0.378 e. The number of hydrogen-bond acceptors (Lipinski definition) is 8. The molecule has 1 heterocycles. The van der Waals surface area contributed by atoms with Gasteiger partial charge in [-0.15, -0.1) is 0 Å². The number of isocyanates is 1. The summed E-state index contributed by atoms with van der Waals surface area (Å²) in [7, 11) is 0.